The number of hydrogen-bond donors (Lipinski definition) is 1. The number of hydrogen-bond acceptors (Lipinski definition) is 2. The number of nitrogens with one attached hydrogen (secondary N) is 1. The molecule has 176 valence electrons. The lowest BCUT2D eigenvalue weighted by atomic mass is 9.99. The summed E-state index contributed by atoms with van der Waals surface area (Å²) in [5.74, 6) is -5.00. The van der Waals surface area contributed by atoms with E-state index in [1.54, 1.807) is 20.8 Å². The molecule has 1 heterocycles. The molecule has 2 aromatic carbocycles. The van der Waals surface area contributed by atoms with Gasteiger partial charge in [-0.3, -0.25) is 9.59 Å². The van der Waals surface area contributed by atoms with Crippen LogP contribution in [0.3, 0.4) is 0 Å². The summed E-state index contributed by atoms with van der Waals surface area (Å²) in [7, 11) is 0. The van der Waals surface area contributed by atoms with Crippen LogP contribution in [-0.4, -0.2) is 22.3 Å². The molecule has 4 nitrogen and oxygen atoms in total. The van der Waals surface area contributed by atoms with Crippen LogP contribution in [-0.2, 0) is 6.18 Å². The van der Waals surface area contributed by atoms with Crippen molar-refractivity contribution in [2.24, 2.45) is 5.92 Å². The highest BCUT2D eigenvalue weighted by Crippen LogP contribution is 2.33. The molecule has 0 saturated carbocycles. The fourth-order valence-electron chi connectivity index (χ4n) is 3.67. The largest absolute Gasteiger partial charge is 0.419 e. The van der Waals surface area contributed by atoms with E-state index in [1.165, 1.54) is 17.2 Å². The van der Waals surface area contributed by atoms with Crippen LogP contribution in [0.2, 0.25) is 0 Å². The van der Waals surface area contributed by atoms with Crippen molar-refractivity contribution in [3.8, 4) is 0 Å². The Labute approximate surface area is 184 Å². The van der Waals surface area contributed by atoms with Gasteiger partial charge in [0.2, 0.25) is 0 Å². The number of carbonyl (C=O) groups excluding carboxylic acids is 1. The van der Waals surface area contributed by atoms with Gasteiger partial charge in [-0.25, -0.2) is 13.2 Å². The van der Waals surface area contributed by atoms with Gasteiger partial charge in [0.15, 0.2) is 11.6 Å². The van der Waals surface area contributed by atoms with Crippen LogP contribution >= 0.6 is 0 Å². The van der Waals surface area contributed by atoms with Crippen molar-refractivity contribution < 1.29 is 31.1 Å². The molecule has 1 amide bonds. The van der Waals surface area contributed by atoms with Gasteiger partial charge in [-0.1, -0.05) is 19.9 Å². The zero-order chi connectivity index (χ0) is 24.7. The molecular formula is C23H20F6N2O2. The summed E-state index contributed by atoms with van der Waals surface area (Å²) in [6.45, 7) is 5.27. The molecule has 0 saturated heterocycles. The Morgan fingerprint density at radius 2 is 1.70 bits per heavy atom. The van der Waals surface area contributed by atoms with Gasteiger partial charge in [-0.05, 0) is 48.1 Å². The Balaban J connectivity index is 2.10. The molecule has 10 heteroatoms. The molecule has 0 aliphatic rings. The Bertz CT molecular complexity index is 1270. The number of amides is 1. The molecule has 1 unspecified atom stereocenters. The standard InChI is InChI=1S/C23H20F6N2O2/c1-11(2)10-31(22(33)13-4-6-16(18(25)8-13)23(27,28)29)12(3)15-9-30-21(32)19-14(15)5-7-17(24)20(19)26/h4-9,11-12H,10H2,1-3H3,(H,30,32). The van der Waals surface area contributed by atoms with E-state index in [4.69, 9.17) is 0 Å². The molecule has 0 spiro atoms. The van der Waals surface area contributed by atoms with Gasteiger partial charge in [0.1, 0.15) is 5.82 Å². The summed E-state index contributed by atoms with van der Waals surface area (Å²) < 4.78 is 80.7. The SMILES string of the molecule is CC(C)CN(C(=O)c1ccc(C(F)(F)F)c(F)c1)C(C)c1c[nH]c(=O)c2c(F)c(F)ccc12. The number of rotatable bonds is 5. The fraction of sp³-hybridized carbons (Fsp3) is 0.304. The van der Waals surface area contributed by atoms with Crippen molar-refractivity contribution in [3.05, 3.63) is 81.0 Å². The van der Waals surface area contributed by atoms with E-state index in [9.17, 15) is 35.9 Å². The Morgan fingerprint density at radius 1 is 1.03 bits per heavy atom. The van der Waals surface area contributed by atoms with Crippen LogP contribution in [0.4, 0.5) is 26.3 Å². The Hall–Kier alpha value is -3.30. The van der Waals surface area contributed by atoms with Crippen molar-refractivity contribution >= 4 is 16.7 Å². The zero-order valence-corrected chi connectivity index (χ0v) is 17.9. The monoisotopic (exact) mass is 470 g/mol. The lowest BCUT2D eigenvalue weighted by molar-refractivity contribution is -0.140. The van der Waals surface area contributed by atoms with E-state index in [0.29, 0.717) is 12.1 Å². The summed E-state index contributed by atoms with van der Waals surface area (Å²) in [4.78, 5) is 28.9. The Morgan fingerprint density at radius 3 is 2.27 bits per heavy atom. The molecule has 1 atom stereocenters. The van der Waals surface area contributed by atoms with Crippen molar-refractivity contribution in [1.29, 1.82) is 0 Å². The molecule has 3 aromatic rings. The fourth-order valence-corrected chi connectivity index (χ4v) is 3.67. The first kappa shape index (κ1) is 24.3. The minimum absolute atomic E-state index is 0.0744. The van der Waals surface area contributed by atoms with Crippen LogP contribution in [0.5, 0.6) is 0 Å². The number of aromatic amines is 1. The second-order valence-corrected chi connectivity index (χ2v) is 8.08. The second-order valence-electron chi connectivity index (χ2n) is 8.08. The van der Waals surface area contributed by atoms with Crippen molar-refractivity contribution in [2.45, 2.75) is 33.0 Å². The summed E-state index contributed by atoms with van der Waals surface area (Å²) in [6.07, 6.45) is -3.65. The lowest BCUT2D eigenvalue weighted by Gasteiger charge is -2.32. The quantitative estimate of drug-likeness (QED) is 0.478. The predicted octanol–water partition coefficient (Wildman–Crippen LogP) is 5.82. The minimum Gasteiger partial charge on any atom is -0.332 e. The maximum Gasteiger partial charge on any atom is 0.419 e. The maximum absolute atomic E-state index is 14.3. The van der Waals surface area contributed by atoms with Crippen LogP contribution in [0.25, 0.3) is 10.8 Å². The highest BCUT2D eigenvalue weighted by Gasteiger charge is 2.35. The number of nitrogens with zero attached hydrogens (tertiary/aromatic N) is 1. The summed E-state index contributed by atoms with van der Waals surface area (Å²) >= 11 is 0. The lowest BCUT2D eigenvalue weighted by Crippen LogP contribution is -2.37. The van der Waals surface area contributed by atoms with Gasteiger partial charge in [0, 0.05) is 18.3 Å². The number of benzene rings is 2. The third kappa shape index (κ3) is 4.74. The second kappa shape index (κ2) is 8.92. The van der Waals surface area contributed by atoms with Gasteiger partial charge in [-0.15, -0.1) is 0 Å². The first-order chi connectivity index (χ1) is 15.3. The molecule has 0 aliphatic carbocycles. The van der Waals surface area contributed by atoms with Crippen LogP contribution < -0.4 is 5.56 Å². The third-order valence-corrected chi connectivity index (χ3v) is 5.25. The molecule has 33 heavy (non-hydrogen) atoms. The van der Waals surface area contributed by atoms with Gasteiger partial charge in [0.25, 0.3) is 11.5 Å². The van der Waals surface area contributed by atoms with E-state index < -0.39 is 52.1 Å². The molecule has 0 bridgehead atoms. The average Bonchev–Trinajstić information content (AvgIpc) is 2.72. The van der Waals surface area contributed by atoms with E-state index in [2.05, 4.69) is 4.98 Å². The summed E-state index contributed by atoms with van der Waals surface area (Å²) in [5.41, 5.74) is -2.38. The first-order valence-corrected chi connectivity index (χ1v) is 10.00. The number of H-pyrrole nitrogens is 1. The molecule has 1 N–H and O–H groups in total. The summed E-state index contributed by atoms with van der Waals surface area (Å²) in [6, 6.07) is 3.14. The predicted molar refractivity (Wildman–Crippen MR) is 110 cm³/mol. The molecule has 1 aromatic heterocycles. The topological polar surface area (TPSA) is 53.2 Å². The normalized spacial score (nSPS) is 12.9. The minimum atomic E-state index is -4.91. The van der Waals surface area contributed by atoms with E-state index in [1.807, 2.05) is 0 Å². The van der Waals surface area contributed by atoms with Crippen molar-refractivity contribution in [2.75, 3.05) is 6.54 Å². The van der Waals surface area contributed by atoms with E-state index in [0.717, 1.165) is 12.1 Å². The number of pyridine rings is 1. The number of aromatic nitrogens is 1. The van der Waals surface area contributed by atoms with Gasteiger partial charge in [0.05, 0.1) is 17.0 Å². The maximum atomic E-state index is 14.3. The smallest absolute Gasteiger partial charge is 0.332 e. The highest BCUT2D eigenvalue weighted by atomic mass is 19.4. The van der Waals surface area contributed by atoms with Crippen LogP contribution in [0.1, 0.15) is 48.3 Å². The zero-order valence-electron chi connectivity index (χ0n) is 17.9. The van der Waals surface area contributed by atoms with Gasteiger partial charge < -0.3 is 9.88 Å². The van der Waals surface area contributed by atoms with Gasteiger partial charge in [-0.2, -0.15) is 13.2 Å². The van der Waals surface area contributed by atoms with Crippen LogP contribution in [0.15, 0.2) is 41.3 Å². The first-order valence-electron chi connectivity index (χ1n) is 10.00. The summed E-state index contributed by atoms with van der Waals surface area (Å²) in [5, 5.41) is -0.442. The average molecular weight is 470 g/mol. The highest BCUT2D eigenvalue weighted by molar-refractivity contribution is 5.95. The van der Waals surface area contributed by atoms with E-state index in [-0.39, 0.29) is 29.0 Å². The van der Waals surface area contributed by atoms with Crippen LogP contribution in [0, 0.1) is 23.4 Å². The van der Waals surface area contributed by atoms with E-state index >= 15 is 0 Å². The van der Waals surface area contributed by atoms with Gasteiger partial charge >= 0.3 is 6.18 Å². The Kier molecular flexibility index (Phi) is 6.58. The third-order valence-electron chi connectivity index (χ3n) is 5.25. The molecule has 0 fully saturated rings. The van der Waals surface area contributed by atoms with Crippen molar-refractivity contribution in [1.82, 2.24) is 9.88 Å². The number of carbonyl (C=O) groups is 1. The van der Waals surface area contributed by atoms with Crippen molar-refractivity contribution in [3.63, 3.8) is 0 Å². The number of alkyl halides is 3. The molecule has 0 aliphatic heterocycles. The molecule has 3 rings (SSSR count). The molecular weight excluding hydrogens is 450 g/mol. The number of halogens is 6. The molecule has 0 radical (unpaired) electrons. The number of fused-ring (bicyclic) bond motifs is 1.